The predicted octanol–water partition coefficient (Wildman–Crippen LogP) is 3.39. The Labute approximate surface area is 111 Å². The maximum atomic E-state index is 13.6. The molecule has 0 heterocycles. The van der Waals surface area contributed by atoms with Crippen molar-refractivity contribution < 1.29 is 8.78 Å². The minimum atomic E-state index is -0.323. The molecule has 2 nitrogen and oxygen atoms in total. The lowest BCUT2D eigenvalue weighted by atomic mass is 10.0. The van der Waals surface area contributed by atoms with Crippen LogP contribution in [0.5, 0.6) is 0 Å². The molecule has 0 radical (unpaired) electrons. The molecule has 2 aromatic rings. The van der Waals surface area contributed by atoms with E-state index in [1.54, 1.807) is 25.1 Å². The average Bonchev–Trinajstić information content (AvgIpc) is 2.39. The van der Waals surface area contributed by atoms with E-state index in [-0.39, 0.29) is 17.7 Å². The molecular formula is C15H16F2N2. The minimum absolute atomic E-state index is 0.253. The van der Waals surface area contributed by atoms with Gasteiger partial charge < -0.3 is 11.1 Å². The fourth-order valence-corrected chi connectivity index (χ4v) is 1.88. The van der Waals surface area contributed by atoms with Gasteiger partial charge >= 0.3 is 0 Å². The van der Waals surface area contributed by atoms with Crippen LogP contribution in [0.25, 0.3) is 0 Å². The van der Waals surface area contributed by atoms with Crippen LogP contribution in [0, 0.1) is 18.6 Å². The standard InChI is InChI=1S/C15H16F2N2/c1-10-5-6-11(7-14(10)17)15(9-18)19-13-4-2-3-12(16)8-13/h2-8,15,19H,9,18H2,1H3. The number of hydrogen-bond donors (Lipinski definition) is 2. The molecule has 0 aliphatic heterocycles. The highest BCUT2D eigenvalue weighted by Crippen LogP contribution is 2.21. The van der Waals surface area contributed by atoms with Crippen LogP contribution in [0.15, 0.2) is 42.5 Å². The maximum absolute atomic E-state index is 13.6. The largest absolute Gasteiger partial charge is 0.377 e. The van der Waals surface area contributed by atoms with Gasteiger partial charge in [-0.2, -0.15) is 0 Å². The summed E-state index contributed by atoms with van der Waals surface area (Å²) in [6.07, 6.45) is 0. The SMILES string of the molecule is Cc1ccc(C(CN)Nc2cccc(F)c2)cc1F. The molecule has 0 saturated heterocycles. The van der Waals surface area contributed by atoms with Gasteiger partial charge in [0.1, 0.15) is 11.6 Å². The summed E-state index contributed by atoms with van der Waals surface area (Å²) in [5.74, 6) is -0.590. The molecule has 0 saturated carbocycles. The number of benzene rings is 2. The number of rotatable bonds is 4. The van der Waals surface area contributed by atoms with E-state index >= 15 is 0 Å². The van der Waals surface area contributed by atoms with Crippen LogP contribution in [0.1, 0.15) is 17.2 Å². The molecule has 0 spiro atoms. The Bertz CT molecular complexity index is 570. The first-order valence-electron chi connectivity index (χ1n) is 6.08. The van der Waals surface area contributed by atoms with E-state index in [0.717, 1.165) is 5.56 Å². The number of nitrogens with one attached hydrogen (secondary N) is 1. The highest BCUT2D eigenvalue weighted by Gasteiger charge is 2.11. The summed E-state index contributed by atoms with van der Waals surface area (Å²) in [5.41, 5.74) is 7.66. The quantitative estimate of drug-likeness (QED) is 0.886. The average molecular weight is 262 g/mol. The summed E-state index contributed by atoms with van der Waals surface area (Å²) < 4.78 is 26.7. The lowest BCUT2D eigenvalue weighted by molar-refractivity contribution is 0.612. The van der Waals surface area contributed by atoms with Gasteiger partial charge in [0, 0.05) is 12.2 Å². The van der Waals surface area contributed by atoms with Gasteiger partial charge in [0.25, 0.3) is 0 Å². The van der Waals surface area contributed by atoms with Gasteiger partial charge in [0.2, 0.25) is 0 Å². The van der Waals surface area contributed by atoms with E-state index in [0.29, 0.717) is 17.8 Å². The van der Waals surface area contributed by atoms with E-state index in [1.807, 2.05) is 6.07 Å². The summed E-state index contributed by atoms with van der Waals surface area (Å²) in [6, 6.07) is 10.8. The van der Waals surface area contributed by atoms with E-state index < -0.39 is 0 Å². The maximum Gasteiger partial charge on any atom is 0.126 e. The van der Waals surface area contributed by atoms with Crippen molar-refractivity contribution >= 4 is 5.69 Å². The van der Waals surface area contributed by atoms with Crippen LogP contribution in [0.2, 0.25) is 0 Å². The molecule has 100 valence electrons. The zero-order valence-electron chi connectivity index (χ0n) is 10.7. The third-order valence-electron chi connectivity index (χ3n) is 3.00. The topological polar surface area (TPSA) is 38.0 Å². The van der Waals surface area contributed by atoms with Gasteiger partial charge in [-0.25, -0.2) is 8.78 Å². The molecule has 0 amide bonds. The molecule has 0 aromatic heterocycles. The van der Waals surface area contributed by atoms with Crippen molar-refractivity contribution in [3.8, 4) is 0 Å². The smallest absolute Gasteiger partial charge is 0.126 e. The summed E-state index contributed by atoms with van der Waals surface area (Å²) in [6.45, 7) is 2.00. The molecule has 0 aliphatic rings. The lowest BCUT2D eigenvalue weighted by Gasteiger charge is -2.19. The molecule has 0 fully saturated rings. The van der Waals surface area contributed by atoms with Gasteiger partial charge in [0.05, 0.1) is 6.04 Å². The molecule has 2 rings (SSSR count). The Kier molecular flexibility index (Phi) is 4.12. The summed E-state index contributed by atoms with van der Waals surface area (Å²) in [4.78, 5) is 0. The monoisotopic (exact) mass is 262 g/mol. The number of anilines is 1. The van der Waals surface area contributed by atoms with Crippen LogP contribution in [-0.4, -0.2) is 6.54 Å². The summed E-state index contributed by atoms with van der Waals surface area (Å²) >= 11 is 0. The van der Waals surface area contributed by atoms with Crippen molar-refractivity contribution in [2.24, 2.45) is 5.73 Å². The van der Waals surface area contributed by atoms with Crippen molar-refractivity contribution in [2.45, 2.75) is 13.0 Å². The Morgan fingerprint density at radius 1 is 1.16 bits per heavy atom. The van der Waals surface area contributed by atoms with Crippen molar-refractivity contribution in [1.29, 1.82) is 0 Å². The molecular weight excluding hydrogens is 246 g/mol. The molecule has 4 heteroatoms. The fraction of sp³-hybridized carbons (Fsp3) is 0.200. The summed E-state index contributed by atoms with van der Waals surface area (Å²) in [7, 11) is 0. The Hall–Kier alpha value is -1.94. The van der Waals surface area contributed by atoms with Crippen LogP contribution in [0.3, 0.4) is 0 Å². The van der Waals surface area contributed by atoms with E-state index in [1.165, 1.54) is 18.2 Å². The second-order valence-corrected chi connectivity index (χ2v) is 4.45. The molecule has 1 unspecified atom stereocenters. The zero-order chi connectivity index (χ0) is 13.8. The third kappa shape index (κ3) is 3.29. The van der Waals surface area contributed by atoms with Crippen LogP contribution < -0.4 is 11.1 Å². The summed E-state index contributed by atoms with van der Waals surface area (Å²) in [5, 5.41) is 3.10. The first-order chi connectivity index (χ1) is 9.10. The zero-order valence-corrected chi connectivity index (χ0v) is 10.7. The number of hydrogen-bond acceptors (Lipinski definition) is 2. The fourth-order valence-electron chi connectivity index (χ4n) is 1.88. The highest BCUT2D eigenvalue weighted by atomic mass is 19.1. The Balaban J connectivity index is 2.22. The van der Waals surface area contributed by atoms with Crippen LogP contribution in [-0.2, 0) is 0 Å². The van der Waals surface area contributed by atoms with Gasteiger partial charge in [-0.1, -0.05) is 18.2 Å². The third-order valence-corrected chi connectivity index (χ3v) is 3.00. The Morgan fingerprint density at radius 2 is 1.95 bits per heavy atom. The van der Waals surface area contributed by atoms with E-state index in [9.17, 15) is 8.78 Å². The second kappa shape index (κ2) is 5.80. The molecule has 2 aromatic carbocycles. The van der Waals surface area contributed by atoms with Gasteiger partial charge in [-0.05, 0) is 42.3 Å². The molecule has 3 N–H and O–H groups in total. The highest BCUT2D eigenvalue weighted by molar-refractivity contribution is 5.46. The first kappa shape index (κ1) is 13.5. The van der Waals surface area contributed by atoms with Crippen molar-refractivity contribution in [2.75, 3.05) is 11.9 Å². The van der Waals surface area contributed by atoms with Crippen molar-refractivity contribution in [1.82, 2.24) is 0 Å². The second-order valence-electron chi connectivity index (χ2n) is 4.45. The van der Waals surface area contributed by atoms with Crippen molar-refractivity contribution in [3.05, 3.63) is 65.2 Å². The van der Waals surface area contributed by atoms with E-state index in [4.69, 9.17) is 5.73 Å². The number of nitrogens with two attached hydrogens (primary N) is 1. The van der Waals surface area contributed by atoms with Crippen molar-refractivity contribution in [3.63, 3.8) is 0 Å². The number of halogens is 2. The lowest BCUT2D eigenvalue weighted by Crippen LogP contribution is -2.20. The molecule has 1 atom stereocenters. The normalized spacial score (nSPS) is 12.2. The van der Waals surface area contributed by atoms with Crippen LogP contribution >= 0.6 is 0 Å². The van der Waals surface area contributed by atoms with Gasteiger partial charge in [-0.15, -0.1) is 0 Å². The van der Waals surface area contributed by atoms with Crippen LogP contribution in [0.4, 0.5) is 14.5 Å². The number of aryl methyl sites for hydroxylation is 1. The minimum Gasteiger partial charge on any atom is -0.377 e. The predicted molar refractivity (Wildman–Crippen MR) is 73.0 cm³/mol. The molecule has 0 bridgehead atoms. The van der Waals surface area contributed by atoms with E-state index in [2.05, 4.69) is 5.32 Å². The Morgan fingerprint density at radius 3 is 2.58 bits per heavy atom. The molecule has 0 aliphatic carbocycles. The van der Waals surface area contributed by atoms with Gasteiger partial charge in [-0.3, -0.25) is 0 Å². The first-order valence-corrected chi connectivity index (χ1v) is 6.08. The van der Waals surface area contributed by atoms with Gasteiger partial charge in [0.15, 0.2) is 0 Å². The molecule has 19 heavy (non-hydrogen) atoms.